The van der Waals surface area contributed by atoms with Gasteiger partial charge in [0, 0.05) is 6.54 Å². The summed E-state index contributed by atoms with van der Waals surface area (Å²) in [5.74, 6) is -1.78. The molecule has 0 saturated heterocycles. The summed E-state index contributed by atoms with van der Waals surface area (Å²) in [5.41, 5.74) is 4.94. The van der Waals surface area contributed by atoms with E-state index in [1.54, 1.807) is 0 Å². The summed E-state index contributed by atoms with van der Waals surface area (Å²) in [4.78, 5) is 11.9. The van der Waals surface area contributed by atoms with Crippen LogP contribution < -0.4 is 11.1 Å². The Labute approximate surface area is 104 Å². The Morgan fingerprint density at radius 1 is 1.53 bits per heavy atom. The number of phenols is 1. The Hall–Kier alpha value is -1.69. The van der Waals surface area contributed by atoms with E-state index in [1.807, 2.05) is 0 Å². The minimum atomic E-state index is -0.753. The fourth-order valence-corrected chi connectivity index (χ4v) is 1.43. The summed E-state index contributed by atoms with van der Waals surface area (Å²) in [5, 5.41) is 11.8. The molecule has 0 radical (unpaired) electrons. The zero-order valence-electron chi connectivity index (χ0n) is 9.07. The summed E-state index contributed by atoms with van der Waals surface area (Å²) in [6.45, 7) is 0.323. The number of nitrogens with one attached hydrogen (secondary N) is 1. The molecular formula is C11H13FN2O2S. The number of benzene rings is 1. The molecule has 0 atom stereocenters. The second-order valence-electron chi connectivity index (χ2n) is 3.46. The first-order valence-electron chi connectivity index (χ1n) is 5.06. The fraction of sp³-hybridized carbons (Fsp3) is 0.273. The van der Waals surface area contributed by atoms with Gasteiger partial charge < -0.3 is 16.2 Å². The van der Waals surface area contributed by atoms with E-state index in [0.29, 0.717) is 24.4 Å². The van der Waals surface area contributed by atoms with Gasteiger partial charge in [-0.1, -0.05) is 18.3 Å². The molecule has 0 spiro atoms. The molecule has 1 aromatic rings. The van der Waals surface area contributed by atoms with Gasteiger partial charge in [-0.15, -0.1) is 0 Å². The number of aromatic hydroxyl groups is 1. The maximum atomic E-state index is 13.3. The molecule has 1 aromatic carbocycles. The molecule has 0 fully saturated rings. The third-order valence-electron chi connectivity index (χ3n) is 2.10. The maximum absolute atomic E-state index is 13.3. The topological polar surface area (TPSA) is 75.3 Å². The molecule has 4 N–H and O–H groups in total. The molecule has 0 aliphatic heterocycles. The minimum Gasteiger partial charge on any atom is -0.507 e. The highest BCUT2D eigenvalue weighted by molar-refractivity contribution is 7.80. The van der Waals surface area contributed by atoms with Crippen molar-refractivity contribution in [1.82, 2.24) is 5.32 Å². The quantitative estimate of drug-likeness (QED) is 0.549. The van der Waals surface area contributed by atoms with E-state index in [1.165, 1.54) is 12.1 Å². The van der Waals surface area contributed by atoms with Gasteiger partial charge in [0.05, 0.1) is 4.99 Å². The van der Waals surface area contributed by atoms with Crippen molar-refractivity contribution >= 4 is 23.1 Å². The van der Waals surface area contributed by atoms with Crippen LogP contribution in [0.5, 0.6) is 5.75 Å². The van der Waals surface area contributed by atoms with Crippen LogP contribution in [0.15, 0.2) is 18.2 Å². The van der Waals surface area contributed by atoms with Crippen LogP contribution in [0.3, 0.4) is 0 Å². The van der Waals surface area contributed by atoms with Crippen LogP contribution in [-0.2, 0) is 0 Å². The number of hydrogen-bond acceptors (Lipinski definition) is 3. The fourth-order valence-electron chi connectivity index (χ4n) is 1.29. The Morgan fingerprint density at radius 2 is 2.24 bits per heavy atom. The normalized spacial score (nSPS) is 9.94. The van der Waals surface area contributed by atoms with Gasteiger partial charge in [-0.2, -0.15) is 0 Å². The zero-order valence-corrected chi connectivity index (χ0v) is 9.89. The van der Waals surface area contributed by atoms with Crippen LogP contribution in [0.1, 0.15) is 23.2 Å². The number of carbonyl (C=O) groups excluding carboxylic acids is 1. The predicted octanol–water partition coefficient (Wildman–Crippen LogP) is 1.33. The van der Waals surface area contributed by atoms with Crippen molar-refractivity contribution in [2.45, 2.75) is 12.8 Å². The Kier molecular flexibility index (Phi) is 4.84. The van der Waals surface area contributed by atoms with E-state index in [-0.39, 0.29) is 11.3 Å². The molecule has 0 bridgehead atoms. The number of thiocarbonyl (C=S) groups is 1. The third kappa shape index (κ3) is 3.99. The molecule has 1 rings (SSSR count). The van der Waals surface area contributed by atoms with Gasteiger partial charge in [0.15, 0.2) is 0 Å². The first-order chi connectivity index (χ1) is 8.02. The largest absolute Gasteiger partial charge is 0.507 e. The molecule has 1 amide bonds. The van der Waals surface area contributed by atoms with E-state index in [0.717, 1.165) is 6.07 Å². The summed E-state index contributed by atoms with van der Waals surface area (Å²) in [6, 6.07) is 3.70. The average molecular weight is 256 g/mol. The molecule has 17 heavy (non-hydrogen) atoms. The predicted molar refractivity (Wildman–Crippen MR) is 66.4 cm³/mol. The van der Waals surface area contributed by atoms with Gasteiger partial charge in [-0.05, 0) is 25.0 Å². The van der Waals surface area contributed by atoms with Crippen LogP contribution in [0.2, 0.25) is 0 Å². The number of nitrogens with two attached hydrogens (primary N) is 1. The number of rotatable bonds is 5. The summed E-state index contributed by atoms with van der Waals surface area (Å²) < 4.78 is 13.3. The highest BCUT2D eigenvalue weighted by atomic mass is 32.1. The number of hydrogen-bond donors (Lipinski definition) is 3. The third-order valence-corrected chi connectivity index (χ3v) is 2.31. The van der Waals surface area contributed by atoms with Crippen LogP contribution >= 0.6 is 12.2 Å². The zero-order chi connectivity index (χ0) is 12.8. The average Bonchev–Trinajstić information content (AvgIpc) is 2.24. The Bertz CT molecular complexity index is 417. The molecule has 0 aliphatic carbocycles. The minimum absolute atomic E-state index is 0.323. The standard InChI is InChI=1S/C11H13FN2O2S/c12-7-3-1-4-8(15)10(7)11(16)14-6-2-5-9(13)17/h1,3-4,15H,2,5-6H2,(H2,13,17)(H,14,16). The summed E-state index contributed by atoms with van der Waals surface area (Å²) in [7, 11) is 0. The second-order valence-corrected chi connectivity index (χ2v) is 3.98. The van der Waals surface area contributed by atoms with Crippen molar-refractivity contribution in [2.75, 3.05) is 6.54 Å². The van der Waals surface area contributed by atoms with Crippen molar-refractivity contribution in [2.24, 2.45) is 5.73 Å². The Balaban J connectivity index is 2.55. The van der Waals surface area contributed by atoms with Crippen molar-refractivity contribution in [3.63, 3.8) is 0 Å². The monoisotopic (exact) mass is 256 g/mol. The van der Waals surface area contributed by atoms with Gasteiger partial charge in [-0.3, -0.25) is 4.79 Å². The second kappa shape index (κ2) is 6.15. The van der Waals surface area contributed by atoms with Crippen LogP contribution in [-0.4, -0.2) is 22.5 Å². The molecule has 0 heterocycles. The van der Waals surface area contributed by atoms with Gasteiger partial charge in [0.25, 0.3) is 5.91 Å². The molecule has 0 unspecified atom stereocenters. The van der Waals surface area contributed by atoms with E-state index < -0.39 is 11.7 Å². The highest BCUT2D eigenvalue weighted by Crippen LogP contribution is 2.19. The van der Waals surface area contributed by atoms with E-state index in [4.69, 9.17) is 5.73 Å². The SMILES string of the molecule is NC(=S)CCCNC(=O)c1c(O)cccc1F. The summed E-state index contributed by atoms with van der Waals surface area (Å²) >= 11 is 4.67. The van der Waals surface area contributed by atoms with Crippen molar-refractivity contribution < 1.29 is 14.3 Å². The number of amides is 1. The van der Waals surface area contributed by atoms with Crippen molar-refractivity contribution in [3.8, 4) is 5.75 Å². The van der Waals surface area contributed by atoms with Gasteiger partial charge in [0.2, 0.25) is 0 Å². The molecule has 6 heteroatoms. The molecule has 0 aliphatic rings. The smallest absolute Gasteiger partial charge is 0.258 e. The van der Waals surface area contributed by atoms with E-state index in [2.05, 4.69) is 17.5 Å². The Morgan fingerprint density at radius 3 is 2.82 bits per heavy atom. The molecular weight excluding hydrogens is 243 g/mol. The summed E-state index contributed by atoms with van der Waals surface area (Å²) in [6.07, 6.45) is 1.09. The number of carbonyl (C=O) groups is 1. The lowest BCUT2D eigenvalue weighted by atomic mass is 10.1. The molecule has 92 valence electrons. The van der Waals surface area contributed by atoms with Crippen LogP contribution in [0.25, 0.3) is 0 Å². The van der Waals surface area contributed by atoms with Crippen molar-refractivity contribution in [3.05, 3.63) is 29.6 Å². The van der Waals surface area contributed by atoms with Gasteiger partial charge in [0.1, 0.15) is 17.1 Å². The van der Waals surface area contributed by atoms with E-state index >= 15 is 0 Å². The first kappa shape index (κ1) is 13.4. The van der Waals surface area contributed by atoms with Crippen molar-refractivity contribution in [1.29, 1.82) is 0 Å². The lowest BCUT2D eigenvalue weighted by Crippen LogP contribution is -2.26. The highest BCUT2D eigenvalue weighted by Gasteiger charge is 2.15. The number of halogens is 1. The first-order valence-corrected chi connectivity index (χ1v) is 5.47. The van der Waals surface area contributed by atoms with Gasteiger partial charge in [-0.25, -0.2) is 4.39 Å². The molecule has 0 saturated carbocycles. The molecule has 0 aromatic heterocycles. The van der Waals surface area contributed by atoms with Crippen LogP contribution in [0, 0.1) is 5.82 Å². The lowest BCUT2D eigenvalue weighted by Gasteiger charge is -2.07. The van der Waals surface area contributed by atoms with Gasteiger partial charge >= 0.3 is 0 Å². The number of phenolic OH excluding ortho intramolecular Hbond substituents is 1. The maximum Gasteiger partial charge on any atom is 0.258 e. The lowest BCUT2D eigenvalue weighted by molar-refractivity contribution is 0.0946. The van der Waals surface area contributed by atoms with Crippen LogP contribution in [0.4, 0.5) is 4.39 Å². The van der Waals surface area contributed by atoms with E-state index in [9.17, 15) is 14.3 Å². The molecule has 4 nitrogen and oxygen atoms in total.